The van der Waals surface area contributed by atoms with Crippen molar-refractivity contribution in [1.29, 1.82) is 0 Å². The summed E-state index contributed by atoms with van der Waals surface area (Å²) in [5, 5.41) is 4.01. The summed E-state index contributed by atoms with van der Waals surface area (Å²) in [5.74, 6) is 1.97. The third-order valence-electron chi connectivity index (χ3n) is 3.33. The minimum absolute atomic E-state index is 0.372. The molecule has 0 spiro atoms. The van der Waals surface area contributed by atoms with Gasteiger partial charge in [0, 0.05) is 9.37 Å². The van der Waals surface area contributed by atoms with Gasteiger partial charge >= 0.3 is 0 Å². The largest absolute Gasteiger partial charge is 0.337 e. The van der Waals surface area contributed by atoms with Gasteiger partial charge in [-0.15, -0.1) is 11.8 Å². The summed E-state index contributed by atoms with van der Waals surface area (Å²) >= 11 is 5.20. The highest BCUT2D eigenvalue weighted by atomic mass is 79.9. The van der Waals surface area contributed by atoms with Crippen LogP contribution in [0.1, 0.15) is 31.0 Å². The number of rotatable bonds is 4. The lowest BCUT2D eigenvalue weighted by Crippen LogP contribution is -2.43. The number of aromatic nitrogens is 2. The van der Waals surface area contributed by atoms with Crippen molar-refractivity contribution in [1.82, 2.24) is 10.1 Å². The molecule has 0 atom stereocenters. The Morgan fingerprint density at radius 1 is 1.37 bits per heavy atom. The van der Waals surface area contributed by atoms with Crippen molar-refractivity contribution in [2.45, 2.75) is 35.4 Å². The topological polar surface area (TPSA) is 64.9 Å². The quantitative estimate of drug-likeness (QED) is 0.864. The van der Waals surface area contributed by atoms with Gasteiger partial charge in [0.25, 0.3) is 0 Å². The minimum Gasteiger partial charge on any atom is -0.337 e. The van der Waals surface area contributed by atoms with E-state index in [9.17, 15) is 0 Å². The maximum Gasteiger partial charge on any atom is 0.246 e. The Balaban J connectivity index is 1.66. The third-order valence-corrected chi connectivity index (χ3v) is 5.36. The predicted molar refractivity (Wildman–Crippen MR) is 77.7 cm³/mol. The Morgan fingerprint density at radius 2 is 2.16 bits per heavy atom. The smallest absolute Gasteiger partial charge is 0.246 e. The van der Waals surface area contributed by atoms with E-state index in [0.717, 1.165) is 23.7 Å². The Labute approximate surface area is 124 Å². The molecule has 6 heteroatoms. The van der Waals surface area contributed by atoms with E-state index in [1.165, 1.54) is 4.90 Å². The number of nitrogens with two attached hydrogens (primary N) is 1. The molecule has 2 aromatic rings. The predicted octanol–water partition coefficient (Wildman–Crippen LogP) is 3.46. The number of benzene rings is 1. The van der Waals surface area contributed by atoms with Crippen molar-refractivity contribution in [3.05, 3.63) is 40.5 Å². The van der Waals surface area contributed by atoms with E-state index in [-0.39, 0.29) is 5.54 Å². The normalized spacial score (nSPS) is 17.2. The minimum atomic E-state index is -0.372. The van der Waals surface area contributed by atoms with E-state index in [1.54, 1.807) is 11.8 Å². The monoisotopic (exact) mass is 339 g/mol. The molecule has 1 aromatic heterocycles. The fourth-order valence-electron chi connectivity index (χ4n) is 1.99. The molecule has 0 amide bonds. The van der Waals surface area contributed by atoms with E-state index in [2.05, 4.69) is 32.1 Å². The van der Waals surface area contributed by atoms with Crippen LogP contribution < -0.4 is 5.73 Å². The summed E-state index contributed by atoms with van der Waals surface area (Å²) in [7, 11) is 0. The first kappa shape index (κ1) is 13.1. The van der Waals surface area contributed by atoms with Crippen LogP contribution in [-0.4, -0.2) is 10.1 Å². The SMILES string of the molecule is NC1(c2nc(CSc3ccccc3Br)no2)CCC1. The van der Waals surface area contributed by atoms with Crippen LogP contribution in [0.15, 0.2) is 38.2 Å². The lowest BCUT2D eigenvalue weighted by molar-refractivity contribution is 0.181. The molecule has 1 heterocycles. The Kier molecular flexibility index (Phi) is 3.64. The zero-order valence-corrected chi connectivity index (χ0v) is 12.7. The molecule has 0 saturated heterocycles. The molecule has 0 aliphatic heterocycles. The van der Waals surface area contributed by atoms with Crippen LogP contribution in [0.5, 0.6) is 0 Å². The van der Waals surface area contributed by atoms with Crippen LogP contribution in [0.4, 0.5) is 0 Å². The van der Waals surface area contributed by atoms with Crippen molar-refractivity contribution in [3.63, 3.8) is 0 Å². The number of halogens is 1. The zero-order valence-electron chi connectivity index (χ0n) is 10.3. The van der Waals surface area contributed by atoms with Crippen LogP contribution in [0.3, 0.4) is 0 Å². The van der Waals surface area contributed by atoms with E-state index in [4.69, 9.17) is 10.3 Å². The van der Waals surface area contributed by atoms with Gasteiger partial charge in [0.05, 0.1) is 11.3 Å². The lowest BCUT2D eigenvalue weighted by Gasteiger charge is -2.33. The highest BCUT2D eigenvalue weighted by Crippen LogP contribution is 2.38. The van der Waals surface area contributed by atoms with E-state index in [0.29, 0.717) is 17.5 Å². The molecule has 4 nitrogen and oxygen atoms in total. The maximum atomic E-state index is 6.16. The van der Waals surface area contributed by atoms with Crippen molar-refractivity contribution in [3.8, 4) is 0 Å². The molecule has 100 valence electrons. The molecule has 19 heavy (non-hydrogen) atoms. The molecule has 0 unspecified atom stereocenters. The summed E-state index contributed by atoms with van der Waals surface area (Å²) in [6, 6.07) is 8.09. The summed E-state index contributed by atoms with van der Waals surface area (Å²) in [6.45, 7) is 0. The summed E-state index contributed by atoms with van der Waals surface area (Å²) < 4.78 is 6.36. The van der Waals surface area contributed by atoms with Gasteiger partial charge in [-0.2, -0.15) is 4.98 Å². The highest BCUT2D eigenvalue weighted by molar-refractivity contribution is 9.10. The van der Waals surface area contributed by atoms with Crippen LogP contribution in [0, 0.1) is 0 Å². The van der Waals surface area contributed by atoms with Crippen molar-refractivity contribution < 1.29 is 4.52 Å². The van der Waals surface area contributed by atoms with Crippen LogP contribution in [-0.2, 0) is 11.3 Å². The number of thioether (sulfide) groups is 1. The Bertz CT molecular complexity index is 583. The molecule has 1 aliphatic rings. The third kappa shape index (κ3) is 2.70. The van der Waals surface area contributed by atoms with Gasteiger partial charge in [-0.3, -0.25) is 0 Å². The van der Waals surface area contributed by atoms with Crippen molar-refractivity contribution in [2.75, 3.05) is 0 Å². The van der Waals surface area contributed by atoms with Crippen LogP contribution >= 0.6 is 27.7 Å². The Hall–Kier alpha value is -0.850. The van der Waals surface area contributed by atoms with Gasteiger partial charge in [0.15, 0.2) is 5.82 Å². The van der Waals surface area contributed by atoms with Gasteiger partial charge in [-0.1, -0.05) is 17.3 Å². The lowest BCUT2D eigenvalue weighted by atomic mass is 9.78. The molecule has 1 aliphatic carbocycles. The standard InChI is InChI=1S/C13H14BrN3OS/c14-9-4-1-2-5-10(9)19-8-11-16-12(18-17-11)13(15)6-3-7-13/h1-2,4-5H,3,6-8,15H2. The molecule has 1 aromatic carbocycles. The zero-order chi connectivity index (χ0) is 13.3. The molecular weight excluding hydrogens is 326 g/mol. The number of nitrogens with zero attached hydrogens (tertiary/aromatic N) is 2. The van der Waals surface area contributed by atoms with Crippen molar-refractivity contribution >= 4 is 27.7 Å². The summed E-state index contributed by atoms with van der Waals surface area (Å²) in [6.07, 6.45) is 3.01. The molecule has 1 saturated carbocycles. The van der Waals surface area contributed by atoms with E-state index >= 15 is 0 Å². The van der Waals surface area contributed by atoms with Crippen LogP contribution in [0.2, 0.25) is 0 Å². The van der Waals surface area contributed by atoms with Gasteiger partial charge < -0.3 is 10.3 Å². The van der Waals surface area contributed by atoms with E-state index in [1.807, 2.05) is 18.2 Å². The number of hydrogen-bond donors (Lipinski definition) is 1. The second kappa shape index (κ2) is 5.26. The van der Waals surface area contributed by atoms with Gasteiger partial charge in [-0.25, -0.2) is 0 Å². The van der Waals surface area contributed by atoms with E-state index < -0.39 is 0 Å². The number of hydrogen-bond acceptors (Lipinski definition) is 5. The molecular formula is C13H14BrN3OS. The molecule has 0 radical (unpaired) electrons. The van der Waals surface area contributed by atoms with Crippen LogP contribution in [0.25, 0.3) is 0 Å². The van der Waals surface area contributed by atoms with Gasteiger partial charge in [0.1, 0.15) is 0 Å². The fraction of sp³-hybridized carbons (Fsp3) is 0.385. The molecule has 3 rings (SSSR count). The molecule has 2 N–H and O–H groups in total. The molecule has 1 fully saturated rings. The Morgan fingerprint density at radius 3 is 2.84 bits per heavy atom. The fourth-order valence-corrected chi connectivity index (χ4v) is 3.40. The van der Waals surface area contributed by atoms with Gasteiger partial charge in [0.2, 0.25) is 5.89 Å². The second-order valence-corrected chi connectivity index (χ2v) is 6.62. The average molecular weight is 340 g/mol. The molecule has 0 bridgehead atoms. The summed E-state index contributed by atoms with van der Waals surface area (Å²) in [5.41, 5.74) is 5.79. The van der Waals surface area contributed by atoms with Gasteiger partial charge in [-0.05, 0) is 47.3 Å². The maximum absolute atomic E-state index is 6.16. The van der Waals surface area contributed by atoms with Crippen molar-refractivity contribution in [2.24, 2.45) is 5.73 Å². The first-order valence-corrected chi connectivity index (χ1v) is 7.94. The summed E-state index contributed by atoms with van der Waals surface area (Å²) in [4.78, 5) is 5.58. The second-order valence-electron chi connectivity index (χ2n) is 4.74. The average Bonchev–Trinajstić information content (AvgIpc) is 2.84. The highest BCUT2D eigenvalue weighted by Gasteiger charge is 2.39. The first-order valence-electron chi connectivity index (χ1n) is 6.17. The first-order chi connectivity index (χ1) is 9.17.